The first-order valence-corrected chi connectivity index (χ1v) is 6.29. The molecule has 0 fully saturated rings. The highest BCUT2D eigenvalue weighted by Crippen LogP contribution is 2.14. The zero-order valence-electron chi connectivity index (χ0n) is 11.9. The lowest BCUT2D eigenvalue weighted by Crippen LogP contribution is -2.45. The molecule has 0 heterocycles. The third-order valence-electron chi connectivity index (χ3n) is 2.86. The molecule has 0 bridgehead atoms. The van der Waals surface area contributed by atoms with E-state index in [0.29, 0.717) is 0 Å². The Bertz CT molecular complexity index is 294. The van der Waals surface area contributed by atoms with Crippen LogP contribution in [0.2, 0.25) is 0 Å². The highest BCUT2D eigenvalue weighted by molar-refractivity contribution is 5.76. The Morgan fingerprint density at radius 2 is 1.78 bits per heavy atom. The van der Waals surface area contributed by atoms with Crippen LogP contribution >= 0.6 is 0 Å². The van der Waals surface area contributed by atoms with Gasteiger partial charge in [-0.05, 0) is 13.8 Å². The Balaban J connectivity index is 5.03. The van der Waals surface area contributed by atoms with Gasteiger partial charge in [0.1, 0.15) is 6.04 Å². The van der Waals surface area contributed by atoms with Crippen molar-refractivity contribution in [3.63, 3.8) is 0 Å². The largest absolute Gasteiger partial charge is 0.468 e. The number of ether oxygens (including phenoxy) is 1. The molecule has 0 N–H and O–H groups in total. The summed E-state index contributed by atoms with van der Waals surface area (Å²) in [4.78, 5) is 14.0. The summed E-state index contributed by atoms with van der Waals surface area (Å²) in [6.45, 7) is 11.1. The average molecular weight is 251 g/mol. The van der Waals surface area contributed by atoms with Crippen LogP contribution in [0.15, 0.2) is 37.0 Å². The second-order valence-electron chi connectivity index (χ2n) is 4.15. The monoisotopic (exact) mass is 251 g/mol. The molecule has 0 saturated heterocycles. The van der Waals surface area contributed by atoms with Crippen molar-refractivity contribution >= 4 is 5.97 Å². The van der Waals surface area contributed by atoms with E-state index in [1.165, 1.54) is 7.11 Å². The molecule has 3 heteroatoms. The number of nitrogens with zero attached hydrogens (tertiary/aromatic N) is 1. The van der Waals surface area contributed by atoms with Gasteiger partial charge in [-0.1, -0.05) is 37.3 Å². The number of rotatable bonds is 8. The van der Waals surface area contributed by atoms with Gasteiger partial charge < -0.3 is 4.74 Å². The average Bonchev–Trinajstić information content (AvgIpc) is 2.40. The molecule has 0 rings (SSSR count). The van der Waals surface area contributed by atoms with Crippen LogP contribution in [0.3, 0.4) is 0 Å². The van der Waals surface area contributed by atoms with Gasteiger partial charge in [-0.2, -0.15) is 0 Å². The molecule has 2 unspecified atom stereocenters. The fraction of sp³-hybridized carbons (Fsp3) is 0.533. The molecule has 18 heavy (non-hydrogen) atoms. The van der Waals surface area contributed by atoms with Gasteiger partial charge in [-0.25, -0.2) is 0 Å². The van der Waals surface area contributed by atoms with Crippen LogP contribution in [-0.2, 0) is 9.53 Å². The fourth-order valence-corrected chi connectivity index (χ4v) is 1.73. The topological polar surface area (TPSA) is 29.5 Å². The molecule has 102 valence electrons. The van der Waals surface area contributed by atoms with Crippen molar-refractivity contribution in [1.82, 2.24) is 4.90 Å². The van der Waals surface area contributed by atoms with Crippen LogP contribution in [0.25, 0.3) is 0 Å². The lowest BCUT2D eigenvalue weighted by Gasteiger charge is -2.30. The maximum atomic E-state index is 11.9. The van der Waals surface area contributed by atoms with E-state index in [-0.39, 0.29) is 17.9 Å². The van der Waals surface area contributed by atoms with Gasteiger partial charge in [-0.15, -0.1) is 6.58 Å². The molecule has 0 amide bonds. The number of hydrogen-bond acceptors (Lipinski definition) is 3. The predicted octanol–water partition coefficient (Wildman–Crippen LogP) is 2.80. The first kappa shape index (κ1) is 16.6. The summed E-state index contributed by atoms with van der Waals surface area (Å²) in [7, 11) is 1.43. The first-order valence-electron chi connectivity index (χ1n) is 6.29. The molecule has 0 saturated carbocycles. The van der Waals surface area contributed by atoms with Gasteiger partial charge in [0.15, 0.2) is 0 Å². The maximum absolute atomic E-state index is 11.9. The fourth-order valence-electron chi connectivity index (χ4n) is 1.73. The third-order valence-corrected chi connectivity index (χ3v) is 2.86. The van der Waals surface area contributed by atoms with Crippen LogP contribution in [0.4, 0.5) is 0 Å². The quantitative estimate of drug-likeness (QED) is 0.491. The summed E-state index contributed by atoms with van der Waals surface area (Å²) in [6, 6.07) is -0.292. The molecule has 2 atom stereocenters. The van der Waals surface area contributed by atoms with E-state index in [1.807, 2.05) is 45.1 Å². The minimum Gasteiger partial charge on any atom is -0.468 e. The third kappa shape index (κ3) is 5.32. The molecular weight excluding hydrogens is 226 g/mol. The summed E-state index contributed by atoms with van der Waals surface area (Å²) in [6.07, 6.45) is 9.83. The molecule has 0 aliphatic carbocycles. The Hall–Kier alpha value is -1.35. The number of carbonyl (C=O) groups excluding carboxylic acids is 1. The lowest BCUT2D eigenvalue weighted by molar-refractivity contribution is -0.147. The second-order valence-corrected chi connectivity index (χ2v) is 4.15. The van der Waals surface area contributed by atoms with Crippen molar-refractivity contribution in [3.8, 4) is 0 Å². The van der Waals surface area contributed by atoms with Crippen molar-refractivity contribution < 1.29 is 9.53 Å². The van der Waals surface area contributed by atoms with Crippen molar-refractivity contribution in [3.05, 3.63) is 37.0 Å². The predicted molar refractivity (Wildman–Crippen MR) is 76.4 cm³/mol. The lowest BCUT2D eigenvalue weighted by atomic mass is 10.0. The van der Waals surface area contributed by atoms with Crippen molar-refractivity contribution in [1.29, 1.82) is 0 Å². The highest BCUT2D eigenvalue weighted by Gasteiger charge is 2.29. The molecule has 0 aliphatic heterocycles. The SMILES string of the molecule is C=CC(C)C(C(=O)OC)N(C/C=C/C)C/C=C/C. The maximum Gasteiger partial charge on any atom is 0.323 e. The minimum absolute atomic E-state index is 0.0490. The van der Waals surface area contributed by atoms with Crippen LogP contribution in [-0.4, -0.2) is 37.1 Å². The van der Waals surface area contributed by atoms with Crippen LogP contribution < -0.4 is 0 Å². The zero-order chi connectivity index (χ0) is 14.0. The Morgan fingerprint density at radius 1 is 1.28 bits per heavy atom. The van der Waals surface area contributed by atoms with Crippen LogP contribution in [0, 0.1) is 5.92 Å². The summed E-state index contributed by atoms with van der Waals surface area (Å²) in [5.74, 6) is -0.163. The smallest absolute Gasteiger partial charge is 0.323 e. The van der Waals surface area contributed by atoms with E-state index in [0.717, 1.165) is 13.1 Å². The summed E-state index contributed by atoms with van der Waals surface area (Å²) < 4.78 is 4.90. The van der Waals surface area contributed by atoms with Gasteiger partial charge in [-0.3, -0.25) is 9.69 Å². The number of esters is 1. The van der Waals surface area contributed by atoms with Crippen molar-refractivity contribution in [2.75, 3.05) is 20.2 Å². The zero-order valence-corrected chi connectivity index (χ0v) is 11.9. The van der Waals surface area contributed by atoms with E-state index < -0.39 is 0 Å². The van der Waals surface area contributed by atoms with Gasteiger partial charge in [0.25, 0.3) is 0 Å². The van der Waals surface area contributed by atoms with E-state index in [9.17, 15) is 4.79 Å². The van der Waals surface area contributed by atoms with Crippen molar-refractivity contribution in [2.24, 2.45) is 5.92 Å². The summed E-state index contributed by atoms with van der Waals surface area (Å²) in [5, 5.41) is 0. The molecular formula is C15H25NO2. The first-order chi connectivity index (χ1) is 8.62. The minimum atomic E-state index is -0.292. The number of hydrogen-bond donors (Lipinski definition) is 0. The Kier molecular flexibility index (Phi) is 8.93. The molecule has 3 nitrogen and oxygen atoms in total. The molecule has 0 radical (unpaired) electrons. The van der Waals surface area contributed by atoms with Gasteiger partial charge in [0.2, 0.25) is 0 Å². The van der Waals surface area contributed by atoms with E-state index in [4.69, 9.17) is 4.74 Å². The molecule has 0 aliphatic rings. The Labute approximate surface area is 111 Å². The standard InChI is InChI=1S/C15H25NO2/c1-6-9-11-16(12-10-7-2)14(13(4)8-3)15(17)18-5/h6-10,13-14H,3,11-12H2,1-2,4-5H3/b9-6+,10-7+. The van der Waals surface area contributed by atoms with Gasteiger partial charge >= 0.3 is 5.97 Å². The van der Waals surface area contributed by atoms with Gasteiger partial charge in [0.05, 0.1) is 7.11 Å². The normalized spacial score (nSPS) is 15.2. The van der Waals surface area contributed by atoms with E-state index in [1.54, 1.807) is 6.08 Å². The number of methoxy groups -OCH3 is 1. The van der Waals surface area contributed by atoms with Crippen LogP contribution in [0.1, 0.15) is 20.8 Å². The molecule has 0 aromatic heterocycles. The van der Waals surface area contributed by atoms with E-state index in [2.05, 4.69) is 11.5 Å². The van der Waals surface area contributed by atoms with Crippen molar-refractivity contribution in [2.45, 2.75) is 26.8 Å². The molecule has 0 aromatic rings. The Morgan fingerprint density at radius 3 is 2.11 bits per heavy atom. The number of allylic oxidation sites excluding steroid dienone is 2. The van der Waals surface area contributed by atoms with Crippen LogP contribution in [0.5, 0.6) is 0 Å². The second kappa shape index (κ2) is 9.66. The summed E-state index contributed by atoms with van der Waals surface area (Å²) in [5.41, 5.74) is 0. The number of carbonyl (C=O) groups is 1. The van der Waals surface area contributed by atoms with E-state index >= 15 is 0 Å². The summed E-state index contributed by atoms with van der Waals surface area (Å²) >= 11 is 0. The molecule has 0 spiro atoms. The highest BCUT2D eigenvalue weighted by atomic mass is 16.5. The molecule has 0 aromatic carbocycles. The van der Waals surface area contributed by atoms with Gasteiger partial charge in [0, 0.05) is 19.0 Å².